The molecule has 3 atom stereocenters. The van der Waals surface area contributed by atoms with Crippen molar-refractivity contribution in [2.45, 2.75) is 89.8 Å². The summed E-state index contributed by atoms with van der Waals surface area (Å²) in [5.74, 6) is 0. The van der Waals surface area contributed by atoms with Gasteiger partial charge in [-0.05, 0) is 6.42 Å². The molecule has 21 heavy (non-hydrogen) atoms. The van der Waals surface area contributed by atoms with Crippen LogP contribution >= 0.6 is 0 Å². The van der Waals surface area contributed by atoms with E-state index < -0.39 is 25.3 Å². The van der Waals surface area contributed by atoms with Gasteiger partial charge in [0.05, 0.1) is 0 Å². The molecule has 2 nitrogen and oxygen atoms in total. The largest absolute Gasteiger partial charge is 0.372 e. The molecule has 0 bridgehead atoms. The highest BCUT2D eigenvalue weighted by Gasteiger charge is 2.28. The first-order valence-electron chi connectivity index (χ1n) is 8.27. The van der Waals surface area contributed by atoms with E-state index in [1.165, 1.54) is 44.9 Å². The molecule has 0 rings (SSSR count). The van der Waals surface area contributed by atoms with Gasteiger partial charge in [-0.3, -0.25) is 0 Å². The van der Waals surface area contributed by atoms with Gasteiger partial charge in [0.2, 0.25) is 6.36 Å². The Labute approximate surface area is 127 Å². The average molecular weight is 312 g/mol. The van der Waals surface area contributed by atoms with Crippen LogP contribution in [0.1, 0.15) is 71.1 Å². The molecule has 0 heterocycles. The lowest BCUT2D eigenvalue weighted by Crippen LogP contribution is -2.35. The maximum atomic E-state index is 13.0. The lowest BCUT2D eigenvalue weighted by atomic mass is 10.1. The fourth-order valence-corrected chi connectivity index (χ4v) is 2.22. The molecule has 0 spiro atoms. The van der Waals surface area contributed by atoms with Crippen LogP contribution in [-0.4, -0.2) is 37.0 Å². The summed E-state index contributed by atoms with van der Waals surface area (Å²) in [5, 5.41) is 8.41. The van der Waals surface area contributed by atoms with Crippen molar-refractivity contribution < 1.29 is 23.0 Å². The molecule has 128 valence electrons. The maximum absolute atomic E-state index is 13.0. The summed E-state index contributed by atoms with van der Waals surface area (Å²) in [4.78, 5) is 0. The molecule has 0 aliphatic carbocycles. The quantitative estimate of drug-likeness (QED) is 0.436. The first kappa shape index (κ1) is 20.7. The molecular weight excluding hydrogens is 281 g/mol. The van der Waals surface area contributed by atoms with Crippen molar-refractivity contribution in [2.75, 3.05) is 13.3 Å². The molecular formula is C16H31F3O2. The summed E-state index contributed by atoms with van der Waals surface area (Å²) in [7, 11) is 0. The van der Waals surface area contributed by atoms with E-state index >= 15 is 0 Å². The number of aliphatic hydroxyl groups excluding tert-OH is 1. The minimum absolute atomic E-state index is 0.207. The predicted molar refractivity (Wildman–Crippen MR) is 79.6 cm³/mol. The Hall–Kier alpha value is -0.290. The number of unbranched alkanes of at least 4 members (excludes halogenated alkanes) is 9. The van der Waals surface area contributed by atoms with Crippen molar-refractivity contribution in [1.82, 2.24) is 0 Å². The molecule has 0 saturated carbocycles. The zero-order chi connectivity index (χ0) is 15.9. The highest BCUT2D eigenvalue weighted by Crippen LogP contribution is 2.13. The molecule has 0 amide bonds. The standard InChI is InChI=1S/C16H31F3O2/c1-2-3-4-5-6-7-8-9-10-11-12-21-14(13-17)15(18)16(19)20/h14-16,20H,2-13H2,1H3. The van der Waals surface area contributed by atoms with Crippen LogP contribution in [0.5, 0.6) is 0 Å². The van der Waals surface area contributed by atoms with Crippen LogP contribution in [0, 0.1) is 0 Å². The van der Waals surface area contributed by atoms with Gasteiger partial charge in [0.15, 0.2) is 6.17 Å². The van der Waals surface area contributed by atoms with E-state index in [1.54, 1.807) is 0 Å². The zero-order valence-electron chi connectivity index (χ0n) is 13.2. The van der Waals surface area contributed by atoms with Crippen molar-refractivity contribution in [1.29, 1.82) is 0 Å². The van der Waals surface area contributed by atoms with Crippen molar-refractivity contribution in [2.24, 2.45) is 0 Å². The third kappa shape index (κ3) is 12.0. The molecule has 1 N–H and O–H groups in total. The number of rotatable bonds is 15. The first-order valence-corrected chi connectivity index (χ1v) is 8.27. The van der Waals surface area contributed by atoms with Crippen LogP contribution in [0.3, 0.4) is 0 Å². The van der Waals surface area contributed by atoms with Gasteiger partial charge in [0, 0.05) is 6.61 Å². The van der Waals surface area contributed by atoms with Crippen molar-refractivity contribution in [3.8, 4) is 0 Å². The number of hydrogen-bond acceptors (Lipinski definition) is 2. The molecule has 0 aromatic heterocycles. The fourth-order valence-electron chi connectivity index (χ4n) is 2.22. The van der Waals surface area contributed by atoms with E-state index in [-0.39, 0.29) is 6.61 Å². The molecule has 0 aliphatic heterocycles. The van der Waals surface area contributed by atoms with Crippen LogP contribution in [0.4, 0.5) is 13.2 Å². The molecule has 0 saturated heterocycles. The second-order valence-corrected chi connectivity index (χ2v) is 5.56. The van der Waals surface area contributed by atoms with Gasteiger partial charge in [-0.25, -0.2) is 13.2 Å². The van der Waals surface area contributed by atoms with Gasteiger partial charge in [-0.2, -0.15) is 0 Å². The SMILES string of the molecule is CCCCCCCCCCCCOC(CF)C(F)C(O)F. The first-order chi connectivity index (χ1) is 10.1. The normalized spacial score (nSPS) is 15.9. The minimum Gasteiger partial charge on any atom is -0.372 e. The summed E-state index contributed by atoms with van der Waals surface area (Å²) in [6.07, 6.45) is 5.14. The van der Waals surface area contributed by atoms with Crippen LogP contribution in [0.15, 0.2) is 0 Å². The number of hydrogen-bond donors (Lipinski definition) is 1. The van der Waals surface area contributed by atoms with E-state index in [0.717, 1.165) is 12.8 Å². The monoisotopic (exact) mass is 312 g/mol. The zero-order valence-corrected chi connectivity index (χ0v) is 13.2. The van der Waals surface area contributed by atoms with E-state index in [0.29, 0.717) is 6.42 Å². The molecule has 0 aromatic carbocycles. The van der Waals surface area contributed by atoms with Gasteiger partial charge >= 0.3 is 0 Å². The Morgan fingerprint density at radius 1 is 0.857 bits per heavy atom. The Kier molecular flexibility index (Phi) is 14.4. The Morgan fingerprint density at radius 2 is 1.33 bits per heavy atom. The van der Waals surface area contributed by atoms with Crippen LogP contribution in [0.2, 0.25) is 0 Å². The molecule has 5 heteroatoms. The van der Waals surface area contributed by atoms with Crippen molar-refractivity contribution >= 4 is 0 Å². The summed E-state index contributed by atoms with van der Waals surface area (Å²) < 4.78 is 42.7. The summed E-state index contributed by atoms with van der Waals surface area (Å²) in [6.45, 7) is 1.28. The van der Waals surface area contributed by atoms with E-state index in [4.69, 9.17) is 9.84 Å². The second kappa shape index (κ2) is 14.6. The smallest absolute Gasteiger partial charge is 0.230 e. The van der Waals surface area contributed by atoms with Gasteiger partial charge < -0.3 is 9.84 Å². The van der Waals surface area contributed by atoms with Gasteiger partial charge in [-0.1, -0.05) is 64.7 Å². The predicted octanol–water partition coefficient (Wildman–Crippen LogP) is 4.89. The third-order valence-electron chi connectivity index (χ3n) is 3.60. The number of alkyl halides is 3. The average Bonchev–Trinajstić information content (AvgIpc) is 2.48. The van der Waals surface area contributed by atoms with Crippen LogP contribution in [-0.2, 0) is 4.74 Å². The highest BCUT2D eigenvalue weighted by atomic mass is 19.2. The third-order valence-corrected chi connectivity index (χ3v) is 3.60. The van der Waals surface area contributed by atoms with Gasteiger partial charge in [0.1, 0.15) is 12.8 Å². The molecule has 0 aliphatic rings. The fraction of sp³-hybridized carbons (Fsp3) is 1.00. The lowest BCUT2D eigenvalue weighted by molar-refractivity contribution is -0.105. The Bertz CT molecular complexity index is 216. The lowest BCUT2D eigenvalue weighted by Gasteiger charge is -2.18. The number of ether oxygens (including phenoxy) is 1. The number of halogens is 3. The maximum Gasteiger partial charge on any atom is 0.230 e. The van der Waals surface area contributed by atoms with E-state index in [9.17, 15) is 13.2 Å². The van der Waals surface area contributed by atoms with Gasteiger partial charge in [-0.15, -0.1) is 0 Å². The Morgan fingerprint density at radius 3 is 1.76 bits per heavy atom. The van der Waals surface area contributed by atoms with E-state index in [1.807, 2.05) is 0 Å². The molecule has 3 unspecified atom stereocenters. The summed E-state index contributed by atoms with van der Waals surface area (Å²) in [6, 6.07) is 0. The van der Waals surface area contributed by atoms with Crippen LogP contribution in [0.25, 0.3) is 0 Å². The van der Waals surface area contributed by atoms with E-state index in [2.05, 4.69) is 6.92 Å². The molecule has 0 aromatic rings. The molecule has 0 fully saturated rings. The highest BCUT2D eigenvalue weighted by molar-refractivity contribution is 4.70. The summed E-state index contributed by atoms with van der Waals surface area (Å²) >= 11 is 0. The second-order valence-electron chi connectivity index (χ2n) is 5.56. The minimum atomic E-state index is -2.68. The van der Waals surface area contributed by atoms with Crippen LogP contribution < -0.4 is 0 Å². The summed E-state index contributed by atoms with van der Waals surface area (Å²) in [5.41, 5.74) is 0. The van der Waals surface area contributed by atoms with Crippen molar-refractivity contribution in [3.05, 3.63) is 0 Å². The molecule has 0 radical (unpaired) electrons. The van der Waals surface area contributed by atoms with Crippen molar-refractivity contribution in [3.63, 3.8) is 0 Å². The Balaban J connectivity index is 3.35. The van der Waals surface area contributed by atoms with Gasteiger partial charge in [0.25, 0.3) is 0 Å². The topological polar surface area (TPSA) is 29.5 Å². The number of aliphatic hydroxyl groups is 1.